The van der Waals surface area contributed by atoms with Crippen LogP contribution in [0.5, 0.6) is 0 Å². The van der Waals surface area contributed by atoms with Crippen molar-refractivity contribution in [1.29, 1.82) is 0 Å². The van der Waals surface area contributed by atoms with Gasteiger partial charge in [-0.25, -0.2) is 0 Å². The number of rotatable bonds is 3. The van der Waals surface area contributed by atoms with E-state index in [9.17, 15) is 5.11 Å². The van der Waals surface area contributed by atoms with Crippen LogP contribution in [0.4, 0.5) is 0 Å². The molecule has 20 heavy (non-hydrogen) atoms. The van der Waals surface area contributed by atoms with Crippen molar-refractivity contribution in [2.75, 3.05) is 7.11 Å². The van der Waals surface area contributed by atoms with E-state index in [1.165, 1.54) is 5.56 Å². The van der Waals surface area contributed by atoms with Gasteiger partial charge in [0.2, 0.25) is 0 Å². The first-order valence-electron chi connectivity index (χ1n) is 6.89. The van der Waals surface area contributed by atoms with Crippen molar-refractivity contribution in [2.24, 2.45) is 5.41 Å². The molecule has 0 amide bonds. The number of terminal acetylenes is 1. The molecule has 1 N–H and O–H groups in total. The molecule has 0 saturated carbocycles. The first-order valence-corrected chi connectivity index (χ1v) is 6.89. The number of benzene rings is 1. The third-order valence-corrected chi connectivity index (χ3v) is 4.31. The van der Waals surface area contributed by atoms with Crippen LogP contribution in [-0.4, -0.2) is 12.2 Å². The van der Waals surface area contributed by atoms with Crippen molar-refractivity contribution in [3.63, 3.8) is 0 Å². The Morgan fingerprint density at radius 1 is 1.15 bits per heavy atom. The predicted molar refractivity (Wildman–Crippen MR) is 83.6 cm³/mol. The summed E-state index contributed by atoms with van der Waals surface area (Å²) in [5.74, 6) is 2.61. The highest BCUT2D eigenvalue weighted by Crippen LogP contribution is 2.41. The number of hydrogen-bond donors (Lipinski definition) is 1. The fourth-order valence-corrected chi connectivity index (χ4v) is 2.49. The standard InChI is InChI=1S/C18H26O2/c1-9-18(19,17(5,6)7)16-10-15(11-20-8)13(3)12(2)14(16)4/h1,10,19H,11H2,2-8H3. The van der Waals surface area contributed by atoms with Gasteiger partial charge in [0.25, 0.3) is 0 Å². The fraction of sp³-hybridized carbons (Fsp3) is 0.556. The summed E-state index contributed by atoms with van der Waals surface area (Å²) < 4.78 is 5.26. The van der Waals surface area contributed by atoms with Crippen LogP contribution in [0.15, 0.2) is 6.07 Å². The van der Waals surface area contributed by atoms with E-state index in [-0.39, 0.29) is 0 Å². The lowest BCUT2D eigenvalue weighted by molar-refractivity contribution is -0.00958. The van der Waals surface area contributed by atoms with E-state index in [0.717, 1.165) is 22.3 Å². The zero-order valence-corrected chi connectivity index (χ0v) is 13.7. The van der Waals surface area contributed by atoms with Crippen LogP contribution in [0.25, 0.3) is 0 Å². The Balaban J connectivity index is 3.65. The van der Waals surface area contributed by atoms with Crippen LogP contribution in [-0.2, 0) is 16.9 Å². The van der Waals surface area contributed by atoms with Gasteiger partial charge in [-0.15, -0.1) is 6.42 Å². The number of aliphatic hydroxyl groups is 1. The Morgan fingerprint density at radius 3 is 2.10 bits per heavy atom. The molecular formula is C18H26O2. The summed E-state index contributed by atoms with van der Waals surface area (Å²) in [4.78, 5) is 0. The van der Waals surface area contributed by atoms with Gasteiger partial charge in [0.15, 0.2) is 5.60 Å². The molecular weight excluding hydrogens is 248 g/mol. The molecule has 0 aliphatic rings. The largest absolute Gasteiger partial charge is 0.380 e. The van der Waals surface area contributed by atoms with Crippen LogP contribution in [0, 0.1) is 38.5 Å². The molecule has 0 spiro atoms. The van der Waals surface area contributed by atoms with Gasteiger partial charge < -0.3 is 9.84 Å². The van der Waals surface area contributed by atoms with Gasteiger partial charge in [0, 0.05) is 12.5 Å². The van der Waals surface area contributed by atoms with E-state index in [0.29, 0.717) is 6.61 Å². The summed E-state index contributed by atoms with van der Waals surface area (Å²) in [6, 6.07) is 1.99. The monoisotopic (exact) mass is 274 g/mol. The normalized spacial score (nSPS) is 14.8. The number of methoxy groups -OCH3 is 1. The highest BCUT2D eigenvalue weighted by Gasteiger charge is 2.41. The van der Waals surface area contributed by atoms with E-state index >= 15 is 0 Å². The molecule has 0 aliphatic carbocycles. The van der Waals surface area contributed by atoms with E-state index < -0.39 is 11.0 Å². The summed E-state index contributed by atoms with van der Waals surface area (Å²) >= 11 is 0. The maximum atomic E-state index is 11.0. The van der Waals surface area contributed by atoms with Gasteiger partial charge >= 0.3 is 0 Å². The third-order valence-electron chi connectivity index (χ3n) is 4.31. The highest BCUT2D eigenvalue weighted by atomic mass is 16.5. The predicted octanol–water partition coefficient (Wildman–Crippen LogP) is 3.63. The Morgan fingerprint density at radius 2 is 1.70 bits per heavy atom. The first-order chi connectivity index (χ1) is 9.10. The summed E-state index contributed by atoms with van der Waals surface area (Å²) in [7, 11) is 1.67. The van der Waals surface area contributed by atoms with Crippen LogP contribution >= 0.6 is 0 Å². The Kier molecular flexibility index (Phi) is 4.69. The molecule has 2 nitrogen and oxygen atoms in total. The molecule has 0 radical (unpaired) electrons. The molecule has 1 atom stereocenters. The molecule has 0 bridgehead atoms. The van der Waals surface area contributed by atoms with Crippen LogP contribution in [0.1, 0.15) is 48.6 Å². The SMILES string of the molecule is C#CC(O)(c1cc(COC)c(C)c(C)c1C)C(C)(C)C. The molecule has 1 aromatic carbocycles. The van der Waals surface area contributed by atoms with Crippen LogP contribution in [0.3, 0.4) is 0 Å². The molecule has 110 valence electrons. The molecule has 1 unspecified atom stereocenters. The first kappa shape index (κ1) is 16.8. The minimum Gasteiger partial charge on any atom is -0.380 e. The fourth-order valence-electron chi connectivity index (χ4n) is 2.49. The third kappa shape index (κ3) is 2.61. The average molecular weight is 274 g/mol. The average Bonchev–Trinajstić information content (AvgIpc) is 2.37. The maximum absolute atomic E-state index is 11.0. The molecule has 0 heterocycles. The van der Waals surface area contributed by atoms with Crippen molar-refractivity contribution < 1.29 is 9.84 Å². The summed E-state index contributed by atoms with van der Waals surface area (Å²) in [6.45, 7) is 12.5. The number of hydrogen-bond acceptors (Lipinski definition) is 2. The van der Waals surface area contributed by atoms with Gasteiger partial charge in [-0.3, -0.25) is 0 Å². The smallest absolute Gasteiger partial charge is 0.155 e. The number of ether oxygens (including phenoxy) is 1. The molecule has 0 aliphatic heterocycles. The van der Waals surface area contributed by atoms with Gasteiger partial charge in [-0.1, -0.05) is 26.7 Å². The minimum absolute atomic E-state index is 0.446. The topological polar surface area (TPSA) is 29.5 Å². The summed E-state index contributed by atoms with van der Waals surface area (Å²) in [6.07, 6.45) is 5.67. The van der Waals surface area contributed by atoms with Crippen molar-refractivity contribution in [1.82, 2.24) is 0 Å². The summed E-state index contributed by atoms with van der Waals surface area (Å²) in [5, 5.41) is 11.0. The summed E-state index contributed by atoms with van der Waals surface area (Å²) in [5.41, 5.74) is 3.55. The second kappa shape index (κ2) is 5.60. The van der Waals surface area contributed by atoms with E-state index in [1.54, 1.807) is 7.11 Å². The van der Waals surface area contributed by atoms with Crippen molar-refractivity contribution in [3.8, 4) is 12.3 Å². The van der Waals surface area contributed by atoms with Crippen LogP contribution < -0.4 is 0 Å². The molecule has 0 saturated heterocycles. The Bertz CT molecular complexity index is 544. The lowest BCUT2D eigenvalue weighted by Crippen LogP contribution is -2.39. The Labute approximate surface area is 123 Å². The van der Waals surface area contributed by atoms with Crippen LogP contribution in [0.2, 0.25) is 0 Å². The second-order valence-electron chi connectivity index (χ2n) is 6.50. The molecule has 2 heteroatoms. The lowest BCUT2D eigenvalue weighted by atomic mass is 9.70. The Hall–Kier alpha value is -1.30. The lowest BCUT2D eigenvalue weighted by Gasteiger charge is -2.38. The second-order valence-corrected chi connectivity index (χ2v) is 6.50. The molecule has 0 fully saturated rings. The molecule has 1 rings (SSSR count). The zero-order valence-electron chi connectivity index (χ0n) is 13.7. The van der Waals surface area contributed by atoms with Crippen molar-refractivity contribution in [3.05, 3.63) is 33.9 Å². The van der Waals surface area contributed by atoms with Gasteiger partial charge in [0.1, 0.15) is 0 Å². The maximum Gasteiger partial charge on any atom is 0.155 e. The van der Waals surface area contributed by atoms with Crippen molar-refractivity contribution in [2.45, 2.75) is 53.8 Å². The van der Waals surface area contributed by atoms with Crippen molar-refractivity contribution >= 4 is 0 Å². The van der Waals surface area contributed by atoms with E-state index in [1.807, 2.05) is 33.8 Å². The van der Waals surface area contributed by atoms with Gasteiger partial charge in [-0.05, 0) is 54.7 Å². The quantitative estimate of drug-likeness (QED) is 0.853. The van der Waals surface area contributed by atoms with Gasteiger partial charge in [0.05, 0.1) is 6.61 Å². The molecule has 0 aromatic heterocycles. The van der Waals surface area contributed by atoms with Gasteiger partial charge in [-0.2, -0.15) is 0 Å². The minimum atomic E-state index is -1.29. The van der Waals surface area contributed by atoms with E-state index in [4.69, 9.17) is 11.2 Å². The molecule has 1 aromatic rings. The highest BCUT2D eigenvalue weighted by molar-refractivity contribution is 5.49. The zero-order chi connectivity index (χ0) is 15.7. The van der Waals surface area contributed by atoms with E-state index in [2.05, 4.69) is 19.8 Å².